The van der Waals surface area contributed by atoms with Crippen molar-refractivity contribution in [2.45, 2.75) is 12.1 Å². The lowest BCUT2D eigenvalue weighted by Crippen LogP contribution is -2.41. The van der Waals surface area contributed by atoms with Gasteiger partial charge in [0.05, 0.1) is 29.8 Å². The first kappa shape index (κ1) is 23.6. The van der Waals surface area contributed by atoms with Crippen LogP contribution in [0.4, 0.5) is 13.2 Å². The number of ether oxygens (including phenoxy) is 1. The molecule has 0 radical (unpaired) electrons. The van der Waals surface area contributed by atoms with Crippen molar-refractivity contribution in [2.24, 2.45) is 5.73 Å². The third kappa shape index (κ3) is 5.15. The summed E-state index contributed by atoms with van der Waals surface area (Å²) in [5, 5.41) is 2.47. The summed E-state index contributed by atoms with van der Waals surface area (Å²) in [5.74, 6) is -3.93. The zero-order valence-electron chi connectivity index (χ0n) is 17.9. The number of nitrogens with two attached hydrogens (primary N) is 1. The summed E-state index contributed by atoms with van der Waals surface area (Å²) in [5.41, 5.74) is 4.33. The summed E-state index contributed by atoms with van der Waals surface area (Å²) < 4.78 is 46.6. The van der Waals surface area contributed by atoms with E-state index in [1.807, 2.05) is 4.90 Å². The van der Waals surface area contributed by atoms with E-state index in [4.69, 9.17) is 10.5 Å². The molecule has 2 amide bonds. The third-order valence-electron chi connectivity index (χ3n) is 5.36. The van der Waals surface area contributed by atoms with E-state index in [0.717, 1.165) is 6.20 Å². The first-order valence-corrected chi connectivity index (χ1v) is 10.5. The molecular weight excluding hydrogens is 455 g/mol. The minimum absolute atomic E-state index is 0.00420. The van der Waals surface area contributed by atoms with Crippen LogP contribution in [0.15, 0.2) is 30.5 Å². The predicted octanol–water partition coefficient (Wildman–Crippen LogP) is 1.05. The highest BCUT2D eigenvalue weighted by Gasteiger charge is 2.39. The molecule has 0 saturated carbocycles. The molecule has 1 aliphatic heterocycles. The fourth-order valence-corrected chi connectivity index (χ4v) is 3.66. The van der Waals surface area contributed by atoms with Gasteiger partial charge in [0.15, 0.2) is 11.6 Å². The molecule has 0 bridgehead atoms. The minimum atomic E-state index is -4.97. The number of morpholine rings is 1. The molecule has 10 nitrogen and oxygen atoms in total. The van der Waals surface area contributed by atoms with Gasteiger partial charge in [-0.15, -0.1) is 0 Å². The second kappa shape index (κ2) is 9.73. The number of para-hydroxylation sites is 2. The quantitative estimate of drug-likeness (QED) is 0.462. The molecule has 1 fully saturated rings. The summed E-state index contributed by atoms with van der Waals surface area (Å²) in [6, 6.07) is 6.81. The Labute approximate surface area is 191 Å². The highest BCUT2D eigenvalue weighted by atomic mass is 19.4. The van der Waals surface area contributed by atoms with E-state index < -0.39 is 41.0 Å². The molecule has 3 aromatic rings. The van der Waals surface area contributed by atoms with E-state index in [1.54, 1.807) is 24.3 Å². The second-order valence-corrected chi connectivity index (χ2v) is 7.67. The van der Waals surface area contributed by atoms with Crippen LogP contribution in [0.2, 0.25) is 0 Å². The van der Waals surface area contributed by atoms with Gasteiger partial charge in [0.1, 0.15) is 11.6 Å². The van der Waals surface area contributed by atoms with Crippen LogP contribution in [0.25, 0.3) is 11.0 Å². The van der Waals surface area contributed by atoms with Crippen molar-refractivity contribution >= 4 is 22.8 Å². The molecule has 0 spiro atoms. The molecule has 1 atom stereocenters. The molecule has 3 heterocycles. The molecule has 4 N–H and O–H groups in total. The number of carbonyl (C=O) groups is 2. The van der Waals surface area contributed by atoms with E-state index >= 15 is 0 Å². The smallest absolute Gasteiger partial charge is 0.379 e. The number of imidazole rings is 1. The maximum absolute atomic E-state index is 13.8. The zero-order chi connectivity index (χ0) is 24.3. The Morgan fingerprint density at radius 1 is 1.21 bits per heavy atom. The number of rotatable bonds is 7. The monoisotopic (exact) mass is 477 g/mol. The molecule has 13 heteroatoms. The van der Waals surface area contributed by atoms with Gasteiger partial charge in [-0.2, -0.15) is 13.2 Å². The van der Waals surface area contributed by atoms with Gasteiger partial charge in [0.25, 0.3) is 5.91 Å². The first-order valence-electron chi connectivity index (χ1n) is 10.5. The standard InChI is InChI=1S/C21H22F3N7O3/c22-21(23,24)16-12(20(33)26-5-6-31-7-9-34-10-8-31)11-27-18(30-16)15(17(25)32)19-28-13-3-1-2-4-14(13)29-19/h1-4,11,15H,5-10H2,(H2,25,32)(H,26,33)(H,28,29). The number of nitrogens with one attached hydrogen (secondary N) is 2. The van der Waals surface area contributed by atoms with Crippen molar-refractivity contribution in [3.8, 4) is 0 Å². The fraction of sp³-hybridized carbons (Fsp3) is 0.381. The Hall–Kier alpha value is -3.58. The van der Waals surface area contributed by atoms with Crippen molar-refractivity contribution in [3.63, 3.8) is 0 Å². The lowest BCUT2D eigenvalue weighted by Gasteiger charge is -2.26. The highest BCUT2D eigenvalue weighted by Crippen LogP contribution is 2.32. The normalized spacial score (nSPS) is 15.9. The predicted molar refractivity (Wildman–Crippen MR) is 114 cm³/mol. The van der Waals surface area contributed by atoms with Crippen LogP contribution in [0, 0.1) is 0 Å². The average molecular weight is 477 g/mol. The van der Waals surface area contributed by atoms with E-state index in [1.165, 1.54) is 0 Å². The molecular formula is C21H22F3N7O3. The van der Waals surface area contributed by atoms with Crippen LogP contribution >= 0.6 is 0 Å². The van der Waals surface area contributed by atoms with E-state index in [2.05, 4.69) is 25.3 Å². The van der Waals surface area contributed by atoms with Crippen LogP contribution in [0.5, 0.6) is 0 Å². The third-order valence-corrected chi connectivity index (χ3v) is 5.36. The SMILES string of the molecule is NC(=O)C(c1ncc(C(=O)NCCN2CCOCC2)c(C(F)(F)F)n1)c1nc2ccccc2[nH]1. The summed E-state index contributed by atoms with van der Waals surface area (Å²) >= 11 is 0. The Bertz CT molecular complexity index is 1160. The average Bonchev–Trinajstić information content (AvgIpc) is 3.22. The topological polar surface area (TPSA) is 139 Å². The number of amides is 2. The second-order valence-electron chi connectivity index (χ2n) is 7.67. The Morgan fingerprint density at radius 2 is 1.94 bits per heavy atom. The Balaban J connectivity index is 1.60. The molecule has 1 aliphatic rings. The lowest BCUT2D eigenvalue weighted by atomic mass is 10.1. The van der Waals surface area contributed by atoms with Gasteiger partial charge >= 0.3 is 6.18 Å². The molecule has 34 heavy (non-hydrogen) atoms. The number of nitrogens with zero attached hydrogens (tertiary/aromatic N) is 4. The zero-order valence-corrected chi connectivity index (χ0v) is 17.9. The number of aromatic amines is 1. The summed E-state index contributed by atoms with van der Waals surface area (Å²) in [4.78, 5) is 41.2. The van der Waals surface area contributed by atoms with Gasteiger partial charge in [0.2, 0.25) is 5.91 Å². The van der Waals surface area contributed by atoms with Crippen molar-refractivity contribution in [1.82, 2.24) is 30.2 Å². The fourth-order valence-electron chi connectivity index (χ4n) is 3.66. The molecule has 1 saturated heterocycles. The van der Waals surface area contributed by atoms with Gasteiger partial charge in [-0.05, 0) is 12.1 Å². The number of H-pyrrole nitrogens is 1. The van der Waals surface area contributed by atoms with Crippen molar-refractivity contribution < 1.29 is 27.5 Å². The summed E-state index contributed by atoms with van der Waals surface area (Å²) in [6.45, 7) is 3.09. The summed E-state index contributed by atoms with van der Waals surface area (Å²) in [7, 11) is 0. The summed E-state index contributed by atoms with van der Waals surface area (Å²) in [6.07, 6.45) is -4.21. The highest BCUT2D eigenvalue weighted by molar-refractivity contribution is 5.95. The van der Waals surface area contributed by atoms with Gasteiger partial charge < -0.3 is 20.8 Å². The number of hydrogen-bond acceptors (Lipinski definition) is 7. The van der Waals surface area contributed by atoms with Crippen LogP contribution in [-0.2, 0) is 15.7 Å². The van der Waals surface area contributed by atoms with Crippen LogP contribution in [0.1, 0.15) is 33.6 Å². The van der Waals surface area contributed by atoms with Gasteiger partial charge in [-0.1, -0.05) is 12.1 Å². The molecule has 4 rings (SSSR count). The number of fused-ring (bicyclic) bond motifs is 1. The molecule has 0 aliphatic carbocycles. The van der Waals surface area contributed by atoms with E-state index in [9.17, 15) is 22.8 Å². The largest absolute Gasteiger partial charge is 0.434 e. The number of carbonyl (C=O) groups excluding carboxylic acids is 2. The molecule has 1 aromatic carbocycles. The number of aromatic nitrogens is 4. The molecule has 180 valence electrons. The van der Waals surface area contributed by atoms with Crippen molar-refractivity contribution in [3.05, 3.63) is 53.4 Å². The number of halogens is 3. The van der Waals surface area contributed by atoms with Crippen LogP contribution in [-0.4, -0.2) is 76.0 Å². The van der Waals surface area contributed by atoms with Crippen molar-refractivity contribution in [1.29, 1.82) is 0 Å². The Kier molecular flexibility index (Phi) is 6.75. The van der Waals surface area contributed by atoms with E-state index in [0.29, 0.717) is 43.9 Å². The maximum atomic E-state index is 13.8. The Morgan fingerprint density at radius 3 is 2.62 bits per heavy atom. The number of benzene rings is 1. The van der Waals surface area contributed by atoms with Gasteiger partial charge in [-0.3, -0.25) is 14.5 Å². The van der Waals surface area contributed by atoms with Crippen molar-refractivity contribution in [2.75, 3.05) is 39.4 Å². The van der Waals surface area contributed by atoms with Gasteiger partial charge in [0, 0.05) is 32.4 Å². The minimum Gasteiger partial charge on any atom is -0.379 e. The lowest BCUT2D eigenvalue weighted by molar-refractivity contribution is -0.142. The first-order chi connectivity index (χ1) is 16.2. The van der Waals surface area contributed by atoms with E-state index in [-0.39, 0.29) is 12.4 Å². The maximum Gasteiger partial charge on any atom is 0.434 e. The number of primary amides is 1. The number of alkyl halides is 3. The van der Waals surface area contributed by atoms with Crippen LogP contribution < -0.4 is 11.1 Å². The molecule has 1 unspecified atom stereocenters. The molecule has 2 aromatic heterocycles. The van der Waals surface area contributed by atoms with Crippen LogP contribution in [0.3, 0.4) is 0 Å². The van der Waals surface area contributed by atoms with Gasteiger partial charge in [-0.25, -0.2) is 15.0 Å². The number of hydrogen-bond donors (Lipinski definition) is 3.